The second-order valence-corrected chi connectivity index (χ2v) is 4.51. The van der Waals surface area contributed by atoms with Gasteiger partial charge in [0.15, 0.2) is 0 Å². The van der Waals surface area contributed by atoms with Crippen LogP contribution in [-0.2, 0) is 6.54 Å². The van der Waals surface area contributed by atoms with Gasteiger partial charge in [0, 0.05) is 18.3 Å². The van der Waals surface area contributed by atoms with E-state index in [9.17, 15) is 10.1 Å². The SMILES string of the molecule is CCOc1cccc(CNc2nc(C)ccc2[N+](=O)[O-])c1. The highest BCUT2D eigenvalue weighted by atomic mass is 16.6. The maximum atomic E-state index is 11.0. The molecule has 21 heavy (non-hydrogen) atoms. The first-order chi connectivity index (χ1) is 10.1. The maximum Gasteiger partial charge on any atom is 0.311 e. The fourth-order valence-electron chi connectivity index (χ4n) is 1.92. The monoisotopic (exact) mass is 287 g/mol. The van der Waals surface area contributed by atoms with Crippen molar-refractivity contribution in [2.45, 2.75) is 20.4 Å². The molecule has 6 heteroatoms. The van der Waals surface area contributed by atoms with Gasteiger partial charge in [0.25, 0.3) is 0 Å². The number of hydrogen-bond acceptors (Lipinski definition) is 5. The van der Waals surface area contributed by atoms with Crippen molar-refractivity contribution in [1.82, 2.24) is 4.98 Å². The summed E-state index contributed by atoms with van der Waals surface area (Å²) in [6.45, 7) is 4.76. The number of aromatic nitrogens is 1. The largest absolute Gasteiger partial charge is 0.494 e. The van der Waals surface area contributed by atoms with Gasteiger partial charge >= 0.3 is 5.69 Å². The Balaban J connectivity index is 2.14. The number of anilines is 1. The van der Waals surface area contributed by atoms with Gasteiger partial charge in [0.1, 0.15) is 5.75 Å². The Bertz CT molecular complexity index is 644. The Morgan fingerprint density at radius 3 is 2.86 bits per heavy atom. The lowest BCUT2D eigenvalue weighted by atomic mass is 10.2. The predicted molar refractivity (Wildman–Crippen MR) is 80.6 cm³/mol. The van der Waals surface area contributed by atoms with Crippen molar-refractivity contribution in [1.29, 1.82) is 0 Å². The van der Waals surface area contributed by atoms with E-state index in [1.54, 1.807) is 13.0 Å². The van der Waals surface area contributed by atoms with Crippen LogP contribution in [0.25, 0.3) is 0 Å². The summed E-state index contributed by atoms with van der Waals surface area (Å²) in [7, 11) is 0. The molecule has 1 heterocycles. The normalized spacial score (nSPS) is 10.2. The summed E-state index contributed by atoms with van der Waals surface area (Å²) in [5.74, 6) is 1.06. The lowest BCUT2D eigenvalue weighted by Crippen LogP contribution is -2.05. The van der Waals surface area contributed by atoms with Crippen molar-refractivity contribution in [3.63, 3.8) is 0 Å². The highest BCUT2D eigenvalue weighted by molar-refractivity contribution is 5.56. The Morgan fingerprint density at radius 2 is 2.14 bits per heavy atom. The highest BCUT2D eigenvalue weighted by Crippen LogP contribution is 2.23. The molecule has 0 radical (unpaired) electrons. The van der Waals surface area contributed by atoms with Gasteiger partial charge in [-0.3, -0.25) is 10.1 Å². The van der Waals surface area contributed by atoms with E-state index >= 15 is 0 Å². The Morgan fingerprint density at radius 1 is 1.33 bits per heavy atom. The molecule has 110 valence electrons. The fraction of sp³-hybridized carbons (Fsp3) is 0.267. The topological polar surface area (TPSA) is 77.3 Å². The van der Waals surface area contributed by atoms with Crippen LogP contribution in [0.4, 0.5) is 11.5 Å². The van der Waals surface area contributed by atoms with Crippen LogP contribution in [0.2, 0.25) is 0 Å². The van der Waals surface area contributed by atoms with Gasteiger partial charge in [-0.1, -0.05) is 12.1 Å². The molecule has 2 rings (SSSR count). The van der Waals surface area contributed by atoms with E-state index in [-0.39, 0.29) is 11.5 Å². The Kier molecular flexibility index (Phi) is 4.71. The maximum absolute atomic E-state index is 11.0. The van der Waals surface area contributed by atoms with Gasteiger partial charge in [0.2, 0.25) is 5.82 Å². The first kappa shape index (κ1) is 14.8. The van der Waals surface area contributed by atoms with E-state index in [0.29, 0.717) is 13.2 Å². The first-order valence-corrected chi connectivity index (χ1v) is 6.68. The van der Waals surface area contributed by atoms with Gasteiger partial charge in [-0.2, -0.15) is 0 Å². The van der Waals surface area contributed by atoms with E-state index in [2.05, 4.69) is 10.3 Å². The number of ether oxygens (including phenoxy) is 1. The van der Waals surface area contributed by atoms with Crippen LogP contribution in [0.1, 0.15) is 18.2 Å². The molecule has 0 fully saturated rings. The van der Waals surface area contributed by atoms with E-state index in [1.165, 1.54) is 6.07 Å². The molecule has 0 atom stereocenters. The lowest BCUT2D eigenvalue weighted by Gasteiger charge is -2.09. The van der Waals surface area contributed by atoms with E-state index in [4.69, 9.17) is 4.74 Å². The molecule has 0 spiro atoms. The molecule has 0 saturated heterocycles. The van der Waals surface area contributed by atoms with E-state index in [0.717, 1.165) is 17.0 Å². The summed E-state index contributed by atoms with van der Waals surface area (Å²) >= 11 is 0. The van der Waals surface area contributed by atoms with Gasteiger partial charge in [-0.05, 0) is 37.6 Å². The molecule has 0 aliphatic heterocycles. The number of nitrogens with zero attached hydrogens (tertiary/aromatic N) is 2. The van der Waals surface area contributed by atoms with Crippen molar-refractivity contribution >= 4 is 11.5 Å². The molecule has 2 aromatic rings. The molecule has 1 N–H and O–H groups in total. The number of aryl methyl sites for hydroxylation is 1. The Labute approximate surface area is 122 Å². The minimum Gasteiger partial charge on any atom is -0.494 e. The van der Waals surface area contributed by atoms with Gasteiger partial charge in [-0.15, -0.1) is 0 Å². The van der Waals surface area contributed by atoms with Crippen LogP contribution >= 0.6 is 0 Å². The molecule has 0 unspecified atom stereocenters. The molecule has 0 aliphatic rings. The number of benzene rings is 1. The van der Waals surface area contributed by atoms with Crippen LogP contribution in [0.3, 0.4) is 0 Å². The summed E-state index contributed by atoms with van der Waals surface area (Å²) in [4.78, 5) is 14.7. The average molecular weight is 287 g/mol. The quantitative estimate of drug-likeness (QED) is 0.651. The Hall–Kier alpha value is -2.63. The number of nitro groups is 1. The van der Waals surface area contributed by atoms with Crippen LogP contribution < -0.4 is 10.1 Å². The second-order valence-electron chi connectivity index (χ2n) is 4.51. The standard InChI is InChI=1S/C15H17N3O3/c1-3-21-13-6-4-5-12(9-13)10-16-15-14(18(19)20)8-7-11(2)17-15/h4-9H,3,10H2,1-2H3,(H,16,17). The number of pyridine rings is 1. The zero-order valence-electron chi connectivity index (χ0n) is 12.0. The first-order valence-electron chi connectivity index (χ1n) is 6.68. The molecule has 0 aliphatic carbocycles. The molecule has 0 saturated carbocycles. The third-order valence-electron chi connectivity index (χ3n) is 2.88. The zero-order chi connectivity index (χ0) is 15.2. The van der Waals surface area contributed by atoms with Crippen LogP contribution in [0, 0.1) is 17.0 Å². The minimum atomic E-state index is -0.439. The van der Waals surface area contributed by atoms with Crippen molar-refractivity contribution < 1.29 is 9.66 Å². The molecule has 1 aromatic carbocycles. The van der Waals surface area contributed by atoms with Gasteiger partial charge in [0.05, 0.1) is 11.5 Å². The summed E-state index contributed by atoms with van der Waals surface area (Å²) in [5, 5.41) is 14.0. The van der Waals surface area contributed by atoms with Crippen molar-refractivity contribution in [2.75, 3.05) is 11.9 Å². The fourth-order valence-corrected chi connectivity index (χ4v) is 1.92. The van der Waals surface area contributed by atoms with Crippen LogP contribution in [-0.4, -0.2) is 16.5 Å². The minimum absolute atomic E-state index is 0.0263. The number of hydrogen-bond donors (Lipinski definition) is 1. The average Bonchev–Trinajstić information content (AvgIpc) is 2.45. The molecule has 0 amide bonds. The van der Waals surface area contributed by atoms with E-state index < -0.39 is 4.92 Å². The number of nitrogens with one attached hydrogen (secondary N) is 1. The molecular formula is C15H17N3O3. The van der Waals surface area contributed by atoms with Crippen molar-refractivity contribution in [3.8, 4) is 5.75 Å². The van der Waals surface area contributed by atoms with Crippen LogP contribution in [0.15, 0.2) is 36.4 Å². The summed E-state index contributed by atoms with van der Waals surface area (Å²) in [5.41, 5.74) is 1.67. The van der Waals surface area contributed by atoms with Crippen molar-refractivity contribution in [2.24, 2.45) is 0 Å². The van der Waals surface area contributed by atoms with Crippen molar-refractivity contribution in [3.05, 3.63) is 57.8 Å². The second kappa shape index (κ2) is 6.69. The smallest absolute Gasteiger partial charge is 0.311 e. The lowest BCUT2D eigenvalue weighted by molar-refractivity contribution is -0.384. The molecule has 6 nitrogen and oxygen atoms in total. The van der Waals surface area contributed by atoms with Crippen LogP contribution in [0.5, 0.6) is 5.75 Å². The molecule has 0 bridgehead atoms. The predicted octanol–water partition coefficient (Wildman–Crippen LogP) is 3.31. The molecular weight excluding hydrogens is 270 g/mol. The third kappa shape index (κ3) is 3.92. The highest BCUT2D eigenvalue weighted by Gasteiger charge is 2.14. The van der Waals surface area contributed by atoms with Gasteiger partial charge < -0.3 is 10.1 Å². The number of rotatable bonds is 6. The third-order valence-corrected chi connectivity index (χ3v) is 2.88. The van der Waals surface area contributed by atoms with E-state index in [1.807, 2.05) is 31.2 Å². The molecule has 1 aromatic heterocycles. The summed E-state index contributed by atoms with van der Waals surface area (Å²) in [6.07, 6.45) is 0. The summed E-state index contributed by atoms with van der Waals surface area (Å²) < 4.78 is 5.43. The van der Waals surface area contributed by atoms with Gasteiger partial charge in [-0.25, -0.2) is 4.98 Å². The zero-order valence-corrected chi connectivity index (χ0v) is 12.0. The summed E-state index contributed by atoms with van der Waals surface area (Å²) in [6, 6.07) is 10.7.